The molecule has 3 rings (SSSR count). The third-order valence-corrected chi connectivity index (χ3v) is 5.26. The number of benzene rings is 1. The molecule has 3 N–H and O–H groups in total. The van der Waals surface area contributed by atoms with Gasteiger partial charge >= 0.3 is 6.03 Å². The lowest BCUT2D eigenvalue weighted by Crippen LogP contribution is -2.26. The summed E-state index contributed by atoms with van der Waals surface area (Å²) < 4.78 is 0. The van der Waals surface area contributed by atoms with E-state index in [-0.39, 0.29) is 6.03 Å². The van der Waals surface area contributed by atoms with Crippen molar-refractivity contribution in [1.29, 1.82) is 0 Å². The normalized spacial score (nSPS) is 15.1. The van der Waals surface area contributed by atoms with Gasteiger partial charge in [-0.1, -0.05) is 6.92 Å². The molecule has 1 aromatic heterocycles. The lowest BCUT2D eigenvalue weighted by molar-refractivity contribution is 0.252. The summed E-state index contributed by atoms with van der Waals surface area (Å²) in [5.74, 6) is 0. The van der Waals surface area contributed by atoms with Gasteiger partial charge in [0.1, 0.15) is 0 Å². The Kier molecular flexibility index (Phi) is 5.48. The molecule has 25 heavy (non-hydrogen) atoms. The molecule has 1 aliphatic carbocycles. The Morgan fingerprint density at radius 2 is 2.04 bits per heavy atom. The van der Waals surface area contributed by atoms with Crippen LogP contribution in [0.4, 0.5) is 10.5 Å². The molecule has 132 valence electrons. The number of amides is 2. The molecule has 6 heteroatoms. The number of H-pyrrole nitrogens is 1. The maximum atomic E-state index is 12.1. The first kappa shape index (κ1) is 17.6. The van der Waals surface area contributed by atoms with Crippen molar-refractivity contribution in [3.05, 3.63) is 46.8 Å². The first-order valence-corrected chi connectivity index (χ1v) is 9.83. The summed E-state index contributed by atoms with van der Waals surface area (Å²) in [6.45, 7) is 4.26. The second-order valence-corrected chi connectivity index (χ2v) is 7.02. The zero-order valence-electron chi connectivity index (χ0n) is 14.9. The Balaban J connectivity index is 1.71. The number of anilines is 1. The molecule has 0 unspecified atom stereocenters. The number of nitrogens with zero attached hydrogens (tertiary/aromatic N) is 1. The van der Waals surface area contributed by atoms with E-state index in [1.54, 1.807) is 11.8 Å². The molecule has 1 heterocycles. The number of aromatic nitrogens is 1. The van der Waals surface area contributed by atoms with Crippen LogP contribution in [0.2, 0.25) is 0 Å². The average Bonchev–Trinajstić information content (AvgIpc) is 2.96. The molecule has 0 spiro atoms. The van der Waals surface area contributed by atoms with E-state index in [0.29, 0.717) is 0 Å². The second kappa shape index (κ2) is 7.78. The van der Waals surface area contributed by atoms with Crippen molar-refractivity contribution >= 4 is 29.2 Å². The zero-order chi connectivity index (χ0) is 17.8. The van der Waals surface area contributed by atoms with E-state index < -0.39 is 0 Å². The van der Waals surface area contributed by atoms with Crippen molar-refractivity contribution in [1.82, 2.24) is 10.4 Å². The number of hydrazone groups is 1. The molecule has 1 aromatic carbocycles. The summed E-state index contributed by atoms with van der Waals surface area (Å²) in [5.41, 5.74) is 9.34. The highest BCUT2D eigenvalue weighted by atomic mass is 32.2. The minimum Gasteiger partial charge on any atom is -0.362 e. The van der Waals surface area contributed by atoms with Crippen LogP contribution in [0.1, 0.15) is 42.3 Å². The standard InChI is InChI=1S/C19H24N4OS/c1-4-15-12(2)20-16-6-5-7-17(18(15)16)22-23-19(24)21-13-8-10-14(25-3)11-9-13/h8-11,20H,4-7H2,1-3H3,(H2,21,23,24)/b22-17+. The van der Waals surface area contributed by atoms with Gasteiger partial charge in [-0.2, -0.15) is 5.10 Å². The predicted molar refractivity (Wildman–Crippen MR) is 105 cm³/mol. The van der Waals surface area contributed by atoms with E-state index in [1.807, 2.05) is 30.5 Å². The fourth-order valence-electron chi connectivity index (χ4n) is 3.33. The van der Waals surface area contributed by atoms with Crippen molar-refractivity contribution in [2.24, 2.45) is 5.10 Å². The van der Waals surface area contributed by atoms with Crippen molar-refractivity contribution in [2.45, 2.75) is 44.4 Å². The van der Waals surface area contributed by atoms with Gasteiger partial charge in [-0.05, 0) is 68.7 Å². The van der Waals surface area contributed by atoms with Crippen molar-refractivity contribution in [3.8, 4) is 0 Å². The highest BCUT2D eigenvalue weighted by molar-refractivity contribution is 7.98. The van der Waals surface area contributed by atoms with Crippen LogP contribution < -0.4 is 10.7 Å². The molecule has 2 aromatic rings. The van der Waals surface area contributed by atoms with E-state index in [1.165, 1.54) is 22.5 Å². The van der Waals surface area contributed by atoms with Crippen LogP contribution in [-0.2, 0) is 12.8 Å². The highest BCUT2D eigenvalue weighted by Gasteiger charge is 2.22. The molecule has 2 amide bonds. The molecular weight excluding hydrogens is 332 g/mol. The molecule has 0 saturated carbocycles. The fourth-order valence-corrected chi connectivity index (χ4v) is 3.74. The van der Waals surface area contributed by atoms with E-state index in [0.717, 1.165) is 42.0 Å². The van der Waals surface area contributed by atoms with Crippen LogP contribution in [0.3, 0.4) is 0 Å². The number of thioether (sulfide) groups is 1. The zero-order valence-corrected chi connectivity index (χ0v) is 15.7. The van der Waals surface area contributed by atoms with E-state index >= 15 is 0 Å². The topological polar surface area (TPSA) is 69.3 Å². The van der Waals surface area contributed by atoms with E-state index in [4.69, 9.17) is 0 Å². The Morgan fingerprint density at radius 3 is 2.72 bits per heavy atom. The molecule has 0 fully saturated rings. The summed E-state index contributed by atoms with van der Waals surface area (Å²) in [6.07, 6.45) is 5.97. The molecule has 1 aliphatic rings. The smallest absolute Gasteiger partial charge is 0.339 e. The van der Waals surface area contributed by atoms with Gasteiger partial charge in [-0.25, -0.2) is 10.2 Å². The predicted octanol–water partition coefficient (Wildman–Crippen LogP) is 4.47. The molecule has 0 bridgehead atoms. The Morgan fingerprint density at radius 1 is 1.28 bits per heavy atom. The Labute approximate surface area is 152 Å². The minimum absolute atomic E-state index is 0.318. The van der Waals surface area contributed by atoms with Crippen LogP contribution >= 0.6 is 11.8 Å². The summed E-state index contributed by atoms with van der Waals surface area (Å²) >= 11 is 1.67. The number of rotatable bonds is 4. The number of carbonyl (C=O) groups is 1. The van der Waals surface area contributed by atoms with Gasteiger partial charge in [-0.15, -0.1) is 11.8 Å². The van der Waals surface area contributed by atoms with Gasteiger partial charge in [-0.3, -0.25) is 0 Å². The van der Waals surface area contributed by atoms with Crippen LogP contribution in [0.15, 0.2) is 34.3 Å². The van der Waals surface area contributed by atoms with E-state index in [9.17, 15) is 4.79 Å². The number of hydrogen-bond donors (Lipinski definition) is 3. The lowest BCUT2D eigenvalue weighted by Gasteiger charge is -2.16. The van der Waals surface area contributed by atoms with Crippen molar-refractivity contribution in [3.63, 3.8) is 0 Å². The monoisotopic (exact) mass is 356 g/mol. The SMILES string of the molecule is CCc1c(C)[nH]c2c1/C(=N/NC(=O)Nc1ccc(SC)cc1)CCC2. The van der Waals surface area contributed by atoms with Gasteiger partial charge in [0.2, 0.25) is 0 Å². The summed E-state index contributed by atoms with van der Waals surface area (Å²) in [7, 11) is 0. The molecular formula is C19H24N4OS. The highest BCUT2D eigenvalue weighted by Crippen LogP contribution is 2.27. The number of fused-ring (bicyclic) bond motifs is 1. The third-order valence-electron chi connectivity index (χ3n) is 4.52. The van der Waals surface area contributed by atoms with Crippen molar-refractivity contribution < 1.29 is 4.79 Å². The number of hydrogen-bond acceptors (Lipinski definition) is 3. The molecule has 0 radical (unpaired) electrons. The van der Waals surface area contributed by atoms with Gasteiger partial charge in [0.15, 0.2) is 0 Å². The van der Waals surface area contributed by atoms with Crippen LogP contribution in [-0.4, -0.2) is 23.0 Å². The average molecular weight is 356 g/mol. The van der Waals surface area contributed by atoms with Crippen LogP contribution in [0, 0.1) is 6.92 Å². The first-order chi connectivity index (χ1) is 12.1. The quantitative estimate of drug-likeness (QED) is 0.559. The van der Waals surface area contributed by atoms with Gasteiger partial charge < -0.3 is 10.3 Å². The number of nitrogens with one attached hydrogen (secondary N) is 3. The lowest BCUT2D eigenvalue weighted by atomic mass is 9.91. The second-order valence-electron chi connectivity index (χ2n) is 6.14. The van der Waals surface area contributed by atoms with Gasteiger partial charge in [0, 0.05) is 27.5 Å². The number of aryl methyl sites for hydroxylation is 2. The maximum absolute atomic E-state index is 12.1. The Hall–Kier alpha value is -2.21. The van der Waals surface area contributed by atoms with Gasteiger partial charge in [0.05, 0.1) is 5.71 Å². The number of aromatic amines is 1. The third kappa shape index (κ3) is 3.90. The van der Waals surface area contributed by atoms with Crippen LogP contribution in [0.5, 0.6) is 0 Å². The molecule has 5 nitrogen and oxygen atoms in total. The first-order valence-electron chi connectivity index (χ1n) is 8.60. The summed E-state index contributed by atoms with van der Waals surface area (Å²) in [5, 5.41) is 7.22. The van der Waals surface area contributed by atoms with Crippen LogP contribution in [0.25, 0.3) is 0 Å². The molecule has 0 aliphatic heterocycles. The largest absolute Gasteiger partial charge is 0.362 e. The van der Waals surface area contributed by atoms with E-state index in [2.05, 4.69) is 34.7 Å². The maximum Gasteiger partial charge on any atom is 0.339 e. The number of carbonyl (C=O) groups excluding carboxylic acids is 1. The fraction of sp³-hybridized carbons (Fsp3) is 0.368. The number of urea groups is 1. The summed E-state index contributed by atoms with van der Waals surface area (Å²) in [6, 6.07) is 7.43. The minimum atomic E-state index is -0.318. The Bertz CT molecular complexity index is 793. The molecule has 0 atom stereocenters. The van der Waals surface area contributed by atoms with Crippen molar-refractivity contribution in [2.75, 3.05) is 11.6 Å². The van der Waals surface area contributed by atoms with Gasteiger partial charge in [0.25, 0.3) is 0 Å². The molecule has 0 saturated heterocycles. The summed E-state index contributed by atoms with van der Waals surface area (Å²) in [4.78, 5) is 16.8.